The summed E-state index contributed by atoms with van der Waals surface area (Å²) in [7, 11) is 0. The molecule has 1 amide bonds. The second-order valence-electron chi connectivity index (χ2n) is 11.2. The van der Waals surface area contributed by atoms with Crippen LogP contribution >= 0.6 is 0 Å². The number of halogens is 5. The summed E-state index contributed by atoms with van der Waals surface area (Å²) in [5, 5.41) is 2.78. The molecule has 0 bridgehead atoms. The van der Waals surface area contributed by atoms with Crippen LogP contribution in [-0.4, -0.2) is 58.3 Å². The largest absolute Gasteiger partial charge is 0.451 e. The molecule has 2 saturated heterocycles. The number of carbonyl (C=O) groups excluding carboxylic acids is 1. The summed E-state index contributed by atoms with van der Waals surface area (Å²) >= 11 is 0. The summed E-state index contributed by atoms with van der Waals surface area (Å²) in [4.78, 5) is 22.1. The molecule has 1 N–H and O–H groups in total. The van der Waals surface area contributed by atoms with E-state index < -0.39 is 47.5 Å². The maximum Gasteiger partial charge on any atom is 0.451 e. The molecule has 3 aliphatic rings. The quantitative estimate of drug-likeness (QED) is 0.566. The van der Waals surface area contributed by atoms with Crippen LogP contribution in [0.1, 0.15) is 61.9 Å². The lowest BCUT2D eigenvalue weighted by atomic mass is 9.92. The highest BCUT2D eigenvalue weighted by Crippen LogP contribution is 2.44. The number of amides is 1. The number of ether oxygens (including phenoxy) is 2. The first-order chi connectivity index (χ1) is 17.8. The minimum atomic E-state index is -4.59. The summed E-state index contributed by atoms with van der Waals surface area (Å²) in [6.07, 6.45) is -4.12. The maximum atomic E-state index is 14.6. The van der Waals surface area contributed by atoms with Gasteiger partial charge < -0.3 is 14.8 Å². The molecule has 5 rings (SSSR count). The molecule has 1 aromatic carbocycles. The van der Waals surface area contributed by atoms with Gasteiger partial charge in [0.2, 0.25) is 5.82 Å². The number of likely N-dealkylation sites (tertiary alicyclic amines) is 1. The minimum absolute atomic E-state index is 0.00865. The summed E-state index contributed by atoms with van der Waals surface area (Å²) < 4.78 is 79.2. The number of alkyl carbamates (subject to hydrolysis) is 1. The van der Waals surface area contributed by atoms with Gasteiger partial charge in [-0.1, -0.05) is 0 Å². The second-order valence-corrected chi connectivity index (χ2v) is 11.2. The molecule has 2 unspecified atom stereocenters. The first-order valence-corrected chi connectivity index (χ1v) is 12.5. The molecule has 2 aliphatic heterocycles. The van der Waals surface area contributed by atoms with E-state index in [9.17, 15) is 26.7 Å². The van der Waals surface area contributed by atoms with Crippen molar-refractivity contribution in [1.29, 1.82) is 0 Å². The highest BCUT2D eigenvalue weighted by atomic mass is 19.4. The average molecular weight is 541 g/mol. The van der Waals surface area contributed by atoms with Crippen LogP contribution in [0.15, 0.2) is 24.4 Å². The number of carbonyl (C=O) groups is 1. The SMILES string of the molecule is CC(C)(C)OC(=O)N[C@H]1C[C@@H](N2CC3Cc4nc(C(F)(F)F)ncc4C3C2)CO[C@@H]1c1cc(F)ccc1F. The van der Waals surface area contributed by atoms with Crippen LogP contribution in [0.5, 0.6) is 0 Å². The summed E-state index contributed by atoms with van der Waals surface area (Å²) in [5.41, 5.74) is 0.416. The van der Waals surface area contributed by atoms with Crippen molar-refractivity contribution in [3.8, 4) is 0 Å². The van der Waals surface area contributed by atoms with Crippen LogP contribution in [0.2, 0.25) is 0 Å². The van der Waals surface area contributed by atoms with E-state index in [0.717, 1.165) is 23.8 Å². The predicted octanol–water partition coefficient (Wildman–Crippen LogP) is 4.77. The van der Waals surface area contributed by atoms with Gasteiger partial charge in [-0.15, -0.1) is 0 Å². The van der Waals surface area contributed by atoms with E-state index in [1.165, 1.54) is 6.20 Å². The van der Waals surface area contributed by atoms with Crippen molar-refractivity contribution in [2.24, 2.45) is 5.92 Å². The fourth-order valence-corrected chi connectivity index (χ4v) is 5.75. The monoisotopic (exact) mass is 540 g/mol. The van der Waals surface area contributed by atoms with Gasteiger partial charge in [-0.05, 0) is 63.3 Å². The van der Waals surface area contributed by atoms with Crippen molar-refractivity contribution in [2.75, 3.05) is 19.7 Å². The van der Waals surface area contributed by atoms with Crippen LogP contribution < -0.4 is 5.32 Å². The zero-order valence-corrected chi connectivity index (χ0v) is 21.2. The number of hydrogen-bond acceptors (Lipinski definition) is 6. The third-order valence-electron chi connectivity index (χ3n) is 7.32. The summed E-state index contributed by atoms with van der Waals surface area (Å²) in [6.45, 7) is 6.55. The molecule has 1 aromatic heterocycles. The zero-order chi connectivity index (χ0) is 27.4. The molecular weight excluding hydrogens is 511 g/mol. The van der Waals surface area contributed by atoms with Gasteiger partial charge in [0.05, 0.1) is 12.6 Å². The smallest absolute Gasteiger partial charge is 0.444 e. The van der Waals surface area contributed by atoms with Crippen LogP contribution in [0.25, 0.3) is 0 Å². The predicted molar refractivity (Wildman–Crippen MR) is 125 cm³/mol. The molecule has 12 heteroatoms. The number of benzene rings is 1. The van der Waals surface area contributed by atoms with Gasteiger partial charge in [0.15, 0.2) is 0 Å². The Labute approximate surface area is 216 Å². The van der Waals surface area contributed by atoms with Crippen molar-refractivity contribution in [3.63, 3.8) is 0 Å². The number of nitrogens with zero attached hydrogens (tertiary/aromatic N) is 3. The molecule has 2 fully saturated rings. The Bertz CT molecular complexity index is 1220. The molecule has 206 valence electrons. The Morgan fingerprint density at radius 3 is 2.63 bits per heavy atom. The van der Waals surface area contributed by atoms with E-state index in [2.05, 4.69) is 20.2 Å². The van der Waals surface area contributed by atoms with Gasteiger partial charge in [0.1, 0.15) is 23.3 Å². The van der Waals surface area contributed by atoms with Crippen molar-refractivity contribution >= 4 is 6.09 Å². The van der Waals surface area contributed by atoms with Crippen molar-refractivity contribution in [1.82, 2.24) is 20.2 Å². The van der Waals surface area contributed by atoms with Gasteiger partial charge in [-0.25, -0.2) is 23.5 Å². The Morgan fingerprint density at radius 1 is 1.16 bits per heavy atom. The number of hydrogen-bond donors (Lipinski definition) is 1. The van der Waals surface area contributed by atoms with Crippen LogP contribution in [0, 0.1) is 17.6 Å². The van der Waals surface area contributed by atoms with Gasteiger partial charge in [0.25, 0.3) is 0 Å². The van der Waals surface area contributed by atoms with Crippen LogP contribution in [0.3, 0.4) is 0 Å². The average Bonchev–Trinajstić information content (AvgIpc) is 3.36. The summed E-state index contributed by atoms with van der Waals surface area (Å²) in [5.74, 6) is -2.32. The number of aromatic nitrogens is 2. The second kappa shape index (κ2) is 9.71. The van der Waals surface area contributed by atoms with E-state index in [-0.39, 0.29) is 30.0 Å². The van der Waals surface area contributed by atoms with Gasteiger partial charge in [0, 0.05) is 42.5 Å². The van der Waals surface area contributed by atoms with Crippen LogP contribution in [-0.2, 0) is 22.1 Å². The molecule has 0 radical (unpaired) electrons. The Hall–Kier alpha value is -2.86. The lowest BCUT2D eigenvalue weighted by Gasteiger charge is -2.41. The number of fused-ring (bicyclic) bond motifs is 3. The first-order valence-electron chi connectivity index (χ1n) is 12.5. The molecule has 7 nitrogen and oxygen atoms in total. The van der Waals surface area contributed by atoms with E-state index in [0.29, 0.717) is 31.6 Å². The maximum absolute atomic E-state index is 14.6. The number of rotatable bonds is 3. The Kier molecular flexibility index (Phi) is 6.83. The van der Waals surface area contributed by atoms with E-state index in [4.69, 9.17) is 9.47 Å². The van der Waals surface area contributed by atoms with Crippen molar-refractivity contribution < 1.29 is 36.2 Å². The van der Waals surface area contributed by atoms with Gasteiger partial charge >= 0.3 is 12.3 Å². The molecule has 0 saturated carbocycles. The van der Waals surface area contributed by atoms with E-state index in [1.807, 2.05) is 0 Å². The van der Waals surface area contributed by atoms with Crippen LogP contribution in [0.4, 0.5) is 26.7 Å². The van der Waals surface area contributed by atoms with E-state index in [1.54, 1.807) is 20.8 Å². The fourth-order valence-electron chi connectivity index (χ4n) is 5.75. The standard InChI is InChI=1S/C26H29F5N4O3/c1-25(2,3)38-24(36)34-21-8-15(12-37-22(21)16-7-14(27)4-5-19(16)28)35-10-13-6-20-17(18(13)11-35)9-32-23(33-20)26(29,30)31/h4-5,7,9,13,15,18,21-22H,6,8,10-12H2,1-3H3,(H,34,36)/t13?,15-,18?,21+,22-/m1/s1. The molecule has 1 aliphatic carbocycles. The third-order valence-corrected chi connectivity index (χ3v) is 7.32. The van der Waals surface area contributed by atoms with Crippen molar-refractivity contribution in [3.05, 3.63) is 58.7 Å². The number of alkyl halides is 3. The molecular formula is C26H29F5N4O3. The zero-order valence-electron chi connectivity index (χ0n) is 21.2. The third kappa shape index (κ3) is 5.47. The summed E-state index contributed by atoms with van der Waals surface area (Å²) in [6, 6.07) is 2.24. The molecule has 0 spiro atoms. The minimum Gasteiger partial charge on any atom is -0.444 e. The highest BCUT2D eigenvalue weighted by molar-refractivity contribution is 5.68. The lowest BCUT2D eigenvalue weighted by Crippen LogP contribution is -2.52. The normalized spacial score (nSPS) is 27.6. The molecule has 3 heterocycles. The van der Waals surface area contributed by atoms with Crippen molar-refractivity contribution in [2.45, 2.75) is 69.5 Å². The molecule has 5 atom stereocenters. The topological polar surface area (TPSA) is 76.6 Å². The Morgan fingerprint density at radius 2 is 1.92 bits per heavy atom. The first kappa shape index (κ1) is 26.7. The van der Waals surface area contributed by atoms with Gasteiger partial charge in [-0.2, -0.15) is 13.2 Å². The lowest BCUT2D eigenvalue weighted by molar-refractivity contribution is -0.145. The molecule has 38 heavy (non-hydrogen) atoms. The fraction of sp³-hybridized carbons (Fsp3) is 0.577. The number of nitrogens with one attached hydrogen (secondary N) is 1. The Balaban J connectivity index is 1.33. The highest BCUT2D eigenvalue weighted by Gasteiger charge is 2.47. The van der Waals surface area contributed by atoms with Gasteiger partial charge in [-0.3, -0.25) is 4.90 Å². The molecule has 2 aromatic rings. The van der Waals surface area contributed by atoms with E-state index >= 15 is 0 Å².